The van der Waals surface area contributed by atoms with Crippen molar-refractivity contribution < 1.29 is 18.3 Å². The minimum atomic E-state index is -0.687. The lowest BCUT2D eigenvalue weighted by Gasteiger charge is -2.29. The third-order valence-electron chi connectivity index (χ3n) is 4.46. The molecule has 0 bridgehead atoms. The van der Waals surface area contributed by atoms with Gasteiger partial charge >= 0.3 is 0 Å². The Bertz CT molecular complexity index is 693. The summed E-state index contributed by atoms with van der Waals surface area (Å²) >= 11 is 0. The molecule has 1 aliphatic heterocycles. The fourth-order valence-corrected chi connectivity index (χ4v) is 3.08. The molecule has 1 fully saturated rings. The molecule has 0 atom stereocenters. The molecule has 2 heterocycles. The van der Waals surface area contributed by atoms with Crippen molar-refractivity contribution in [2.45, 2.75) is 32.0 Å². The van der Waals surface area contributed by atoms with Crippen LogP contribution >= 0.6 is 0 Å². The van der Waals surface area contributed by atoms with Crippen molar-refractivity contribution in [2.75, 3.05) is 13.2 Å². The second-order valence-electron chi connectivity index (χ2n) is 6.17. The average Bonchev–Trinajstić information content (AvgIpc) is 2.90. The third-order valence-corrected chi connectivity index (χ3v) is 4.46. The first-order chi connectivity index (χ1) is 11.2. The van der Waals surface area contributed by atoms with Gasteiger partial charge in [-0.1, -0.05) is 0 Å². The molecule has 23 heavy (non-hydrogen) atoms. The van der Waals surface area contributed by atoms with E-state index in [0.29, 0.717) is 38.5 Å². The first kappa shape index (κ1) is 14.6. The number of ether oxygens (including phenoxy) is 2. The van der Waals surface area contributed by atoms with Gasteiger partial charge in [0, 0.05) is 12.0 Å². The number of aromatic nitrogens is 2. The largest absolute Gasteiger partial charge is 0.477 e. The van der Waals surface area contributed by atoms with Gasteiger partial charge in [0.2, 0.25) is 5.88 Å². The summed E-state index contributed by atoms with van der Waals surface area (Å²) in [4.78, 5) is 0. The van der Waals surface area contributed by atoms with E-state index in [9.17, 15) is 8.78 Å². The molecular formula is C17H18F2N2O2. The first-order valence-electron chi connectivity index (χ1n) is 7.92. The molecule has 4 nitrogen and oxygen atoms in total. The SMILES string of the molecule is Fc1ccc(-n2nc3c(c2OCC2CC(F)C2)CCOC3)cc1. The van der Waals surface area contributed by atoms with Crippen LogP contribution in [0.15, 0.2) is 24.3 Å². The van der Waals surface area contributed by atoms with Crippen molar-refractivity contribution in [1.29, 1.82) is 0 Å². The van der Waals surface area contributed by atoms with Gasteiger partial charge in [0.15, 0.2) is 0 Å². The summed E-state index contributed by atoms with van der Waals surface area (Å²) in [5, 5.41) is 4.56. The van der Waals surface area contributed by atoms with Crippen LogP contribution in [0.2, 0.25) is 0 Å². The zero-order valence-corrected chi connectivity index (χ0v) is 12.7. The van der Waals surface area contributed by atoms with Crippen LogP contribution in [0.4, 0.5) is 8.78 Å². The van der Waals surface area contributed by atoms with Crippen LogP contribution in [0.3, 0.4) is 0 Å². The molecule has 0 N–H and O–H groups in total. The van der Waals surface area contributed by atoms with Crippen LogP contribution in [0.5, 0.6) is 5.88 Å². The molecule has 4 rings (SSSR count). The molecule has 1 aromatic carbocycles. The van der Waals surface area contributed by atoms with Gasteiger partial charge < -0.3 is 9.47 Å². The van der Waals surface area contributed by atoms with Gasteiger partial charge in [0.25, 0.3) is 0 Å². The van der Waals surface area contributed by atoms with E-state index in [4.69, 9.17) is 9.47 Å². The summed E-state index contributed by atoms with van der Waals surface area (Å²) in [6.45, 7) is 1.57. The van der Waals surface area contributed by atoms with Gasteiger partial charge in [0.05, 0.1) is 31.2 Å². The van der Waals surface area contributed by atoms with Gasteiger partial charge in [-0.05, 0) is 43.0 Å². The van der Waals surface area contributed by atoms with Crippen molar-refractivity contribution >= 4 is 0 Å². The number of nitrogens with zero attached hydrogens (tertiary/aromatic N) is 2. The first-order valence-corrected chi connectivity index (χ1v) is 7.92. The van der Waals surface area contributed by atoms with E-state index in [1.807, 2.05) is 0 Å². The van der Waals surface area contributed by atoms with E-state index in [0.717, 1.165) is 23.4 Å². The third kappa shape index (κ3) is 2.83. The summed E-state index contributed by atoms with van der Waals surface area (Å²) in [5.74, 6) is 0.647. The van der Waals surface area contributed by atoms with E-state index in [1.54, 1.807) is 16.8 Å². The van der Waals surface area contributed by atoms with Crippen molar-refractivity contribution in [3.63, 3.8) is 0 Å². The Balaban J connectivity index is 1.63. The number of alkyl halides is 1. The highest BCUT2D eigenvalue weighted by atomic mass is 19.1. The van der Waals surface area contributed by atoms with Gasteiger partial charge in [-0.15, -0.1) is 0 Å². The second kappa shape index (κ2) is 5.92. The average molecular weight is 320 g/mol. The predicted octanol–water partition coefficient (Wildman–Crippen LogP) is 3.21. The normalized spacial score (nSPS) is 23.2. The lowest BCUT2D eigenvalue weighted by molar-refractivity contribution is 0.0814. The van der Waals surface area contributed by atoms with Crippen LogP contribution in [-0.4, -0.2) is 29.2 Å². The molecule has 122 valence electrons. The molecular weight excluding hydrogens is 302 g/mol. The van der Waals surface area contributed by atoms with Gasteiger partial charge in [-0.3, -0.25) is 0 Å². The van der Waals surface area contributed by atoms with Crippen LogP contribution in [0, 0.1) is 11.7 Å². The van der Waals surface area contributed by atoms with Gasteiger partial charge in [-0.25, -0.2) is 13.5 Å². The zero-order valence-electron chi connectivity index (χ0n) is 12.7. The smallest absolute Gasteiger partial charge is 0.220 e. The summed E-state index contributed by atoms with van der Waals surface area (Å²) < 4.78 is 39.3. The standard InChI is InChI=1S/C17H18F2N2O2/c18-12-1-3-14(4-2-12)21-17(23-9-11-7-13(19)8-11)15-5-6-22-10-16(15)20-21/h1-4,11,13H,5-10H2. The fraction of sp³-hybridized carbons (Fsp3) is 0.471. The summed E-state index contributed by atoms with van der Waals surface area (Å²) in [5.41, 5.74) is 2.64. The second-order valence-corrected chi connectivity index (χ2v) is 6.17. The maximum absolute atomic E-state index is 13.2. The molecule has 1 aromatic heterocycles. The van der Waals surface area contributed by atoms with Crippen molar-refractivity contribution in [3.05, 3.63) is 41.3 Å². The zero-order chi connectivity index (χ0) is 15.8. The van der Waals surface area contributed by atoms with Crippen molar-refractivity contribution in [2.24, 2.45) is 5.92 Å². The number of hydrogen-bond donors (Lipinski definition) is 0. The monoisotopic (exact) mass is 320 g/mol. The number of halogens is 2. The molecule has 1 aliphatic carbocycles. The van der Waals surface area contributed by atoms with Crippen LogP contribution in [0.1, 0.15) is 24.1 Å². The Morgan fingerprint density at radius 2 is 2.04 bits per heavy atom. The number of hydrogen-bond acceptors (Lipinski definition) is 3. The lowest BCUT2D eigenvalue weighted by atomic mass is 9.84. The van der Waals surface area contributed by atoms with E-state index in [1.165, 1.54) is 12.1 Å². The molecule has 6 heteroatoms. The van der Waals surface area contributed by atoms with E-state index >= 15 is 0 Å². The minimum Gasteiger partial charge on any atom is -0.477 e. The van der Waals surface area contributed by atoms with E-state index < -0.39 is 6.17 Å². The topological polar surface area (TPSA) is 36.3 Å². The number of fused-ring (bicyclic) bond motifs is 1. The molecule has 2 aromatic rings. The Morgan fingerprint density at radius 1 is 1.26 bits per heavy atom. The Morgan fingerprint density at radius 3 is 2.78 bits per heavy atom. The molecule has 0 saturated heterocycles. The van der Waals surface area contributed by atoms with Crippen LogP contribution < -0.4 is 4.74 Å². The molecule has 2 aliphatic rings. The van der Waals surface area contributed by atoms with Crippen LogP contribution in [0.25, 0.3) is 5.69 Å². The van der Waals surface area contributed by atoms with E-state index in [2.05, 4.69) is 5.10 Å². The van der Waals surface area contributed by atoms with Crippen molar-refractivity contribution in [1.82, 2.24) is 9.78 Å². The molecule has 0 unspecified atom stereocenters. The van der Waals surface area contributed by atoms with Gasteiger partial charge in [-0.2, -0.15) is 5.10 Å². The summed E-state index contributed by atoms with van der Waals surface area (Å²) in [6.07, 6.45) is 1.18. The Labute approximate surface area is 133 Å². The highest BCUT2D eigenvalue weighted by Gasteiger charge is 2.31. The summed E-state index contributed by atoms with van der Waals surface area (Å²) in [6, 6.07) is 6.14. The fourth-order valence-electron chi connectivity index (χ4n) is 3.08. The molecule has 0 spiro atoms. The number of benzene rings is 1. The maximum atomic E-state index is 13.2. The van der Waals surface area contributed by atoms with Gasteiger partial charge in [0.1, 0.15) is 12.0 Å². The molecule has 1 saturated carbocycles. The maximum Gasteiger partial charge on any atom is 0.220 e. The van der Waals surface area contributed by atoms with Crippen LogP contribution in [-0.2, 0) is 17.8 Å². The lowest BCUT2D eigenvalue weighted by Crippen LogP contribution is -2.30. The number of rotatable bonds is 4. The predicted molar refractivity (Wildman–Crippen MR) is 80.0 cm³/mol. The van der Waals surface area contributed by atoms with E-state index in [-0.39, 0.29) is 11.7 Å². The quantitative estimate of drug-likeness (QED) is 0.868. The Kier molecular flexibility index (Phi) is 3.77. The summed E-state index contributed by atoms with van der Waals surface area (Å²) in [7, 11) is 0. The minimum absolute atomic E-state index is 0.261. The molecule has 0 amide bonds. The highest BCUT2D eigenvalue weighted by molar-refractivity contribution is 5.42. The Hall–Kier alpha value is -1.95. The highest BCUT2D eigenvalue weighted by Crippen LogP contribution is 2.34. The van der Waals surface area contributed by atoms with Crippen molar-refractivity contribution in [3.8, 4) is 11.6 Å². The molecule has 0 radical (unpaired) electrons.